The molecule has 158 valence electrons. The molecular formula is C21H15Cl2N3O5. The number of carbonyl (C=O) groups excluding carboxylic acids is 5. The molecule has 2 aromatic rings. The van der Waals surface area contributed by atoms with Gasteiger partial charge in [0, 0.05) is 28.6 Å². The fraction of sp³-hybridized carbons (Fsp3) is 0.190. The van der Waals surface area contributed by atoms with E-state index >= 15 is 0 Å². The van der Waals surface area contributed by atoms with Crippen molar-refractivity contribution >= 4 is 52.7 Å². The van der Waals surface area contributed by atoms with Gasteiger partial charge in [-0.1, -0.05) is 35.3 Å². The Morgan fingerprint density at radius 1 is 1.06 bits per heavy atom. The molecule has 31 heavy (non-hydrogen) atoms. The number of hydrogen-bond acceptors (Lipinski definition) is 5. The van der Waals surface area contributed by atoms with Crippen molar-refractivity contribution in [3.8, 4) is 0 Å². The molecule has 0 aromatic heterocycles. The minimum atomic E-state index is -1.05. The molecule has 0 spiro atoms. The molecule has 0 radical (unpaired) electrons. The van der Waals surface area contributed by atoms with Crippen LogP contribution < -0.4 is 10.6 Å². The molecule has 4 rings (SSSR count). The van der Waals surface area contributed by atoms with Gasteiger partial charge in [0.2, 0.25) is 11.8 Å². The van der Waals surface area contributed by atoms with Gasteiger partial charge in [-0.2, -0.15) is 0 Å². The molecule has 2 aliphatic heterocycles. The highest BCUT2D eigenvalue weighted by Gasteiger charge is 2.45. The van der Waals surface area contributed by atoms with E-state index in [2.05, 4.69) is 10.6 Å². The van der Waals surface area contributed by atoms with Gasteiger partial charge in [0.1, 0.15) is 6.04 Å². The molecule has 5 amide bonds. The highest BCUT2D eigenvalue weighted by atomic mass is 35.5. The van der Waals surface area contributed by atoms with Crippen LogP contribution in [0.4, 0.5) is 0 Å². The largest absolute Gasteiger partial charge is 0.348 e. The van der Waals surface area contributed by atoms with Gasteiger partial charge >= 0.3 is 0 Å². The summed E-state index contributed by atoms with van der Waals surface area (Å²) in [6, 6.07) is 8.05. The smallest absolute Gasteiger partial charge is 0.262 e. The molecule has 1 saturated heterocycles. The fourth-order valence-corrected chi connectivity index (χ4v) is 4.22. The third-order valence-corrected chi connectivity index (χ3v) is 5.55. The summed E-state index contributed by atoms with van der Waals surface area (Å²) in [5, 5.41) is 5.44. The van der Waals surface area contributed by atoms with Gasteiger partial charge in [0.25, 0.3) is 17.7 Å². The molecule has 2 heterocycles. The van der Waals surface area contributed by atoms with Gasteiger partial charge in [-0.05, 0) is 36.2 Å². The molecule has 10 heteroatoms. The predicted octanol–water partition coefficient (Wildman–Crippen LogP) is 2.32. The third kappa shape index (κ3) is 3.92. The minimum absolute atomic E-state index is 0.0334. The number of imide groups is 2. The lowest BCUT2D eigenvalue weighted by atomic mass is 10.0. The van der Waals surface area contributed by atoms with E-state index in [0.29, 0.717) is 15.6 Å². The second-order valence-corrected chi connectivity index (χ2v) is 8.00. The number of amides is 5. The Morgan fingerprint density at radius 3 is 2.45 bits per heavy atom. The topological polar surface area (TPSA) is 113 Å². The van der Waals surface area contributed by atoms with Gasteiger partial charge in [-0.15, -0.1) is 0 Å². The van der Waals surface area contributed by atoms with Crippen molar-refractivity contribution in [1.82, 2.24) is 15.5 Å². The Morgan fingerprint density at radius 2 is 1.77 bits per heavy atom. The van der Waals surface area contributed by atoms with Gasteiger partial charge in [0.05, 0.1) is 11.1 Å². The van der Waals surface area contributed by atoms with Crippen LogP contribution >= 0.6 is 23.2 Å². The number of benzene rings is 2. The van der Waals surface area contributed by atoms with Gasteiger partial charge in [-0.3, -0.25) is 34.2 Å². The number of carbonyl (C=O) groups is 5. The number of nitrogens with zero attached hydrogens (tertiary/aromatic N) is 1. The Bertz CT molecular complexity index is 1140. The Balaban J connectivity index is 1.57. The van der Waals surface area contributed by atoms with Crippen molar-refractivity contribution in [3.05, 3.63) is 68.7 Å². The summed E-state index contributed by atoms with van der Waals surface area (Å²) in [4.78, 5) is 62.8. The van der Waals surface area contributed by atoms with Crippen molar-refractivity contribution in [2.75, 3.05) is 0 Å². The zero-order valence-electron chi connectivity index (χ0n) is 15.9. The van der Waals surface area contributed by atoms with Crippen LogP contribution in [0.1, 0.15) is 49.5 Å². The number of rotatable bonds is 4. The molecule has 1 fully saturated rings. The van der Waals surface area contributed by atoms with Crippen molar-refractivity contribution in [1.29, 1.82) is 0 Å². The lowest BCUT2D eigenvalue weighted by Crippen LogP contribution is -2.54. The monoisotopic (exact) mass is 459 g/mol. The molecule has 0 aliphatic carbocycles. The summed E-state index contributed by atoms with van der Waals surface area (Å²) in [5.41, 5.74) is 0.943. The molecule has 1 unspecified atom stereocenters. The molecule has 2 aromatic carbocycles. The molecule has 1 atom stereocenters. The molecule has 0 saturated carbocycles. The van der Waals surface area contributed by atoms with E-state index in [4.69, 9.17) is 23.2 Å². The van der Waals surface area contributed by atoms with Gasteiger partial charge in [0.15, 0.2) is 0 Å². The van der Waals surface area contributed by atoms with Crippen LogP contribution in [-0.2, 0) is 16.1 Å². The van der Waals surface area contributed by atoms with Crippen molar-refractivity contribution in [2.45, 2.75) is 25.4 Å². The Kier molecular flexibility index (Phi) is 5.51. The van der Waals surface area contributed by atoms with Crippen LogP contribution in [0.5, 0.6) is 0 Å². The fourth-order valence-electron chi connectivity index (χ4n) is 3.69. The van der Waals surface area contributed by atoms with Gasteiger partial charge < -0.3 is 5.32 Å². The van der Waals surface area contributed by atoms with E-state index in [1.165, 1.54) is 24.3 Å². The minimum Gasteiger partial charge on any atom is -0.348 e. The molecule has 2 N–H and O–H groups in total. The molecular weight excluding hydrogens is 445 g/mol. The molecule has 8 nitrogen and oxygen atoms in total. The highest BCUT2D eigenvalue weighted by Crippen LogP contribution is 2.30. The molecule has 2 aliphatic rings. The first-order valence-electron chi connectivity index (χ1n) is 9.34. The zero-order chi connectivity index (χ0) is 22.3. The lowest BCUT2D eigenvalue weighted by Gasteiger charge is -2.27. The van der Waals surface area contributed by atoms with Crippen LogP contribution in [-0.4, -0.2) is 40.5 Å². The molecule has 0 bridgehead atoms. The first kappa shape index (κ1) is 21.0. The van der Waals surface area contributed by atoms with E-state index in [9.17, 15) is 24.0 Å². The Labute approximate surface area is 186 Å². The number of piperidine rings is 1. The average Bonchev–Trinajstić information content (AvgIpc) is 2.97. The summed E-state index contributed by atoms with van der Waals surface area (Å²) in [7, 11) is 0. The second-order valence-electron chi connectivity index (χ2n) is 7.13. The summed E-state index contributed by atoms with van der Waals surface area (Å²) in [6.07, 6.45) is 0.104. The van der Waals surface area contributed by atoms with E-state index in [1.807, 2.05) is 0 Å². The normalized spacial score (nSPS) is 18.1. The van der Waals surface area contributed by atoms with Crippen LogP contribution in [0.25, 0.3) is 0 Å². The van der Waals surface area contributed by atoms with E-state index in [-0.39, 0.29) is 36.1 Å². The zero-order valence-corrected chi connectivity index (χ0v) is 17.4. The average molecular weight is 460 g/mol. The van der Waals surface area contributed by atoms with E-state index in [0.717, 1.165) is 4.90 Å². The number of nitrogens with one attached hydrogen (secondary N) is 2. The standard InChI is InChI=1S/C21H15Cl2N3O5/c22-12-6-11(7-13(23)8-12)18(28)24-9-10-2-1-3-14-17(10)21(31)26(20(14)30)15-4-5-16(27)25-19(15)29/h1-3,6-8,15H,4-5,9H2,(H,24,28)(H,25,27,29). The van der Waals surface area contributed by atoms with Crippen molar-refractivity contribution in [3.63, 3.8) is 0 Å². The summed E-state index contributed by atoms with van der Waals surface area (Å²) < 4.78 is 0. The van der Waals surface area contributed by atoms with Crippen molar-refractivity contribution < 1.29 is 24.0 Å². The van der Waals surface area contributed by atoms with Crippen LogP contribution in [0, 0.1) is 0 Å². The third-order valence-electron chi connectivity index (χ3n) is 5.12. The first-order valence-corrected chi connectivity index (χ1v) is 10.1. The number of halogens is 2. The predicted molar refractivity (Wildman–Crippen MR) is 111 cm³/mol. The van der Waals surface area contributed by atoms with Crippen molar-refractivity contribution in [2.24, 2.45) is 0 Å². The summed E-state index contributed by atoms with van der Waals surface area (Å²) in [6.45, 7) is -0.0334. The van der Waals surface area contributed by atoms with E-state index < -0.39 is 35.6 Å². The summed E-state index contributed by atoms with van der Waals surface area (Å²) in [5.74, 6) is -2.82. The second kappa shape index (κ2) is 8.13. The first-order chi connectivity index (χ1) is 14.8. The van der Waals surface area contributed by atoms with E-state index in [1.54, 1.807) is 12.1 Å². The maximum atomic E-state index is 13.1. The quantitative estimate of drug-likeness (QED) is 0.681. The maximum Gasteiger partial charge on any atom is 0.262 e. The lowest BCUT2D eigenvalue weighted by molar-refractivity contribution is -0.136. The number of hydrogen-bond donors (Lipinski definition) is 2. The maximum absolute atomic E-state index is 13.1. The SMILES string of the molecule is O=C1CCC(N2C(=O)c3cccc(CNC(=O)c4cc(Cl)cc(Cl)c4)c3C2=O)C(=O)N1. The van der Waals surface area contributed by atoms with Gasteiger partial charge in [-0.25, -0.2) is 0 Å². The van der Waals surface area contributed by atoms with Crippen LogP contribution in [0.2, 0.25) is 10.0 Å². The van der Waals surface area contributed by atoms with Crippen LogP contribution in [0.15, 0.2) is 36.4 Å². The highest BCUT2D eigenvalue weighted by molar-refractivity contribution is 6.35. The Hall–Kier alpha value is -3.23. The summed E-state index contributed by atoms with van der Waals surface area (Å²) >= 11 is 11.9. The number of fused-ring (bicyclic) bond motifs is 1. The van der Waals surface area contributed by atoms with Crippen LogP contribution in [0.3, 0.4) is 0 Å².